The first kappa shape index (κ1) is 80.1. The molecule has 8 aromatic carbocycles. The summed E-state index contributed by atoms with van der Waals surface area (Å²) >= 11 is 15.3. The number of halogens is 5. The standard InChI is InChI=1S/2C26H36NP.C26H24NP.CH3.4BrH.ClH.3Ni/c3*1-27(2)25-19-11-9-17-23(25)24-18-10-12-20-26(24)28(21-13-5-3-6-14-21)22-15-7-4-8-16-22;;;;;;;;;/h2*9-12,17-22H,3-8,13-16H2,1-2H3;3-20H,1-2H3;1H3;5*1H;;;/q;;;-1;;;;;;3*+1/p-2. The number of hydrogen-bond acceptors (Lipinski definition) is 3. The molecular weight excluding hydrogens is 1610 g/mol. The molecule has 0 aromatic heterocycles. The van der Waals surface area contributed by atoms with Crippen molar-refractivity contribution in [2.24, 2.45) is 0 Å². The molecule has 0 amide bonds. The molecule has 12 rings (SSSR count). The molecule has 3 nitrogen and oxygen atoms in total. The monoisotopic (exact) mass is 1710 g/mol. The third-order valence-corrected chi connectivity index (χ3v) is 29.7. The SMILES string of the molecule is CN(C)c1ccccc1-c1ccccc1[PH+](C1CCCCC1)C1CCCCC1.CN(C)c1ccccc1-c1ccccc1[PH+](C1CCCCC1)C1CCCCC1.CN(C)c1ccccc1-c1ccccc1[PH+](c1ccccc1)c1ccccc1.[Br][Ni-][Br].[Br][Ni-][Br].[CH3-].[Cl][Ni]. The molecule has 4 saturated carbocycles. The van der Waals surface area contributed by atoms with Gasteiger partial charge in [0.2, 0.25) is 0 Å². The summed E-state index contributed by atoms with van der Waals surface area (Å²) in [5.41, 5.74) is 16.4. The quantitative estimate of drug-likeness (QED) is 0.0575. The van der Waals surface area contributed by atoms with Gasteiger partial charge >= 0.3 is 103 Å². The Hall–Kier alpha value is -1.86. The van der Waals surface area contributed by atoms with Crippen molar-refractivity contribution in [3.8, 4) is 33.4 Å². The van der Waals surface area contributed by atoms with Crippen molar-refractivity contribution >= 4 is 134 Å². The van der Waals surface area contributed by atoms with E-state index in [4.69, 9.17) is 0 Å². The van der Waals surface area contributed by atoms with Gasteiger partial charge in [0, 0.05) is 109 Å². The molecule has 0 N–H and O–H groups in total. The van der Waals surface area contributed by atoms with Crippen LogP contribution in [0.4, 0.5) is 17.1 Å². The first-order chi connectivity index (χ1) is 45.1. The zero-order chi connectivity index (χ0) is 65.5. The van der Waals surface area contributed by atoms with Crippen LogP contribution in [0.2, 0.25) is 0 Å². The van der Waals surface area contributed by atoms with Gasteiger partial charge in [0.25, 0.3) is 0 Å². The average Bonchev–Trinajstić information content (AvgIpc) is 0.830. The van der Waals surface area contributed by atoms with Crippen LogP contribution >= 0.6 is 90.9 Å². The van der Waals surface area contributed by atoms with E-state index in [0.29, 0.717) is 0 Å². The summed E-state index contributed by atoms with van der Waals surface area (Å²) in [6.07, 6.45) is 29.4. The molecule has 0 saturated heterocycles. The molecule has 4 aliphatic carbocycles. The third kappa shape index (κ3) is 23.6. The molecule has 93 heavy (non-hydrogen) atoms. The maximum atomic E-state index is 4.26. The number of benzene rings is 8. The Balaban J connectivity index is 0.000000208. The van der Waals surface area contributed by atoms with Crippen molar-refractivity contribution in [3.05, 3.63) is 214 Å². The molecule has 4 fully saturated rings. The summed E-state index contributed by atoms with van der Waals surface area (Å²) in [6, 6.07) is 76.5. The predicted octanol–water partition coefficient (Wildman–Crippen LogP) is 23.3. The fourth-order valence-corrected chi connectivity index (χ4v) is 26.6. The number of hydrogen-bond donors (Lipinski definition) is 0. The van der Waals surface area contributed by atoms with Crippen LogP contribution in [0.15, 0.2) is 206 Å². The number of para-hydroxylation sites is 3. The van der Waals surface area contributed by atoms with Gasteiger partial charge in [0.15, 0.2) is 0 Å². The Bertz CT molecular complexity index is 3120. The summed E-state index contributed by atoms with van der Waals surface area (Å²) < 4.78 is 0. The van der Waals surface area contributed by atoms with Gasteiger partial charge in [0.05, 0.1) is 41.2 Å². The maximum absolute atomic E-state index is 4.26. The zero-order valence-electron chi connectivity index (χ0n) is 55.8. The van der Waals surface area contributed by atoms with Crippen molar-refractivity contribution < 1.29 is 36.4 Å². The van der Waals surface area contributed by atoms with Crippen LogP contribution in [0.25, 0.3) is 33.4 Å². The molecule has 8 aromatic rings. The Morgan fingerprint density at radius 2 is 0.505 bits per heavy atom. The van der Waals surface area contributed by atoms with E-state index >= 15 is 0 Å². The Kier molecular flexibility index (Phi) is 38.8. The van der Waals surface area contributed by atoms with Gasteiger partial charge in [-0.15, -0.1) is 0 Å². The normalized spacial score (nSPS) is 15.3. The van der Waals surface area contributed by atoms with Gasteiger partial charge in [-0.25, -0.2) is 0 Å². The van der Waals surface area contributed by atoms with Crippen molar-refractivity contribution in [2.45, 2.75) is 151 Å². The second kappa shape index (κ2) is 45.0. The van der Waals surface area contributed by atoms with Gasteiger partial charge in [-0.05, 0) is 163 Å². The van der Waals surface area contributed by atoms with Crippen molar-refractivity contribution in [3.63, 3.8) is 0 Å². The average molecular weight is 1720 g/mol. The summed E-state index contributed by atoms with van der Waals surface area (Å²) in [4.78, 5) is 6.75. The molecule has 0 heterocycles. The van der Waals surface area contributed by atoms with E-state index in [0.717, 1.165) is 22.6 Å². The fourth-order valence-electron chi connectivity index (χ4n) is 15.0. The first-order valence-corrected chi connectivity index (χ1v) is 49.1. The second-order valence-electron chi connectivity index (χ2n) is 25.3. The van der Waals surface area contributed by atoms with Crippen LogP contribution in [0.5, 0.6) is 0 Å². The Labute approximate surface area is 619 Å². The number of anilines is 3. The van der Waals surface area contributed by atoms with Gasteiger partial charge in [-0.3, -0.25) is 0 Å². The molecule has 0 spiro atoms. The summed E-state index contributed by atoms with van der Waals surface area (Å²) in [5, 5.41) is 7.72. The Morgan fingerprint density at radius 3 is 0.763 bits per heavy atom. The van der Waals surface area contributed by atoms with Crippen molar-refractivity contribution in [2.75, 3.05) is 57.0 Å². The summed E-state index contributed by atoms with van der Waals surface area (Å²) in [6.45, 7) is 0. The third-order valence-electron chi connectivity index (χ3n) is 19.0. The van der Waals surface area contributed by atoms with Crippen LogP contribution in [0.1, 0.15) is 128 Å². The van der Waals surface area contributed by atoms with Crippen LogP contribution in [-0.4, -0.2) is 64.9 Å². The Morgan fingerprint density at radius 1 is 0.301 bits per heavy atom. The molecule has 14 heteroatoms. The molecule has 0 aliphatic heterocycles. The van der Waals surface area contributed by atoms with Gasteiger partial charge in [0.1, 0.15) is 15.9 Å². The first-order valence-electron chi connectivity index (χ1n) is 33.2. The van der Waals surface area contributed by atoms with E-state index < -0.39 is 23.8 Å². The minimum atomic E-state index is -1.11. The second-order valence-corrected chi connectivity index (χ2v) is 43.9. The van der Waals surface area contributed by atoms with Crippen molar-refractivity contribution in [1.82, 2.24) is 0 Å². The fraction of sp³-hybridized carbons (Fsp3) is 0.380. The molecule has 0 atom stereocenters. The van der Waals surface area contributed by atoms with E-state index in [1.807, 2.05) is 0 Å². The molecular formula is C79H102Br4ClN3Ni3P3. The van der Waals surface area contributed by atoms with E-state index in [1.165, 1.54) is 217 Å². The predicted molar refractivity (Wildman–Crippen MR) is 430 cm³/mol. The van der Waals surface area contributed by atoms with Crippen LogP contribution in [-0.2, 0) is 36.4 Å². The van der Waals surface area contributed by atoms with E-state index in [-0.39, 0.29) is 7.43 Å². The van der Waals surface area contributed by atoms with E-state index in [2.05, 4.69) is 345 Å². The van der Waals surface area contributed by atoms with Crippen molar-refractivity contribution in [1.29, 1.82) is 0 Å². The zero-order valence-corrected chi connectivity index (χ0v) is 68.8. The minimum absolute atomic E-state index is 0. The van der Waals surface area contributed by atoms with E-state index in [1.54, 1.807) is 10.6 Å². The molecule has 4 aliphatic rings. The van der Waals surface area contributed by atoms with Gasteiger partial charge in [-0.2, -0.15) is 0 Å². The molecule has 0 radical (unpaired) electrons. The molecule has 513 valence electrons. The van der Waals surface area contributed by atoms with Gasteiger partial charge < -0.3 is 22.1 Å². The van der Waals surface area contributed by atoms with Crippen LogP contribution in [0.3, 0.4) is 0 Å². The summed E-state index contributed by atoms with van der Waals surface area (Å²) in [5.74, 6) is 0. The van der Waals surface area contributed by atoms with E-state index in [9.17, 15) is 0 Å². The summed E-state index contributed by atoms with van der Waals surface area (Å²) in [7, 11) is 17.5. The molecule has 0 unspecified atom stereocenters. The number of rotatable bonds is 15. The molecule has 0 bridgehead atoms. The topological polar surface area (TPSA) is 9.72 Å². The number of nitrogens with zero attached hydrogens (tertiary/aromatic N) is 3. The van der Waals surface area contributed by atoms with Crippen LogP contribution < -0.4 is 41.2 Å². The van der Waals surface area contributed by atoms with Gasteiger partial charge in [-0.1, -0.05) is 171 Å². The van der Waals surface area contributed by atoms with Crippen LogP contribution in [0, 0.1) is 7.43 Å².